The summed E-state index contributed by atoms with van der Waals surface area (Å²) in [5.74, 6) is -0.891. The third kappa shape index (κ3) is 2.78. The lowest BCUT2D eigenvalue weighted by Crippen LogP contribution is -2.51. The predicted molar refractivity (Wildman–Crippen MR) is 72.0 cm³/mol. The standard InChI is InChI=1S/C14H22N2O4/c1-2-5-14(13(19)20)6-8-16(9-7-14)12(18)10-3-4-11(17)15-10/h10H,2-9H2,1H3,(H,15,17)(H,19,20). The van der Waals surface area contributed by atoms with Crippen molar-refractivity contribution < 1.29 is 19.5 Å². The van der Waals surface area contributed by atoms with Crippen molar-refractivity contribution in [1.82, 2.24) is 10.2 Å². The topological polar surface area (TPSA) is 86.7 Å². The largest absolute Gasteiger partial charge is 0.481 e. The van der Waals surface area contributed by atoms with Crippen molar-refractivity contribution in [2.24, 2.45) is 5.41 Å². The zero-order valence-corrected chi connectivity index (χ0v) is 11.9. The van der Waals surface area contributed by atoms with Crippen LogP contribution in [0.2, 0.25) is 0 Å². The van der Waals surface area contributed by atoms with Crippen molar-refractivity contribution in [3.8, 4) is 0 Å². The predicted octanol–water partition coefficient (Wildman–Crippen LogP) is 0.758. The fourth-order valence-electron chi connectivity index (χ4n) is 3.22. The third-order valence-electron chi connectivity index (χ3n) is 4.51. The summed E-state index contributed by atoms with van der Waals surface area (Å²) in [6.07, 6.45) is 3.45. The normalized spacial score (nSPS) is 25.4. The highest BCUT2D eigenvalue weighted by Gasteiger charge is 2.42. The summed E-state index contributed by atoms with van der Waals surface area (Å²) < 4.78 is 0. The number of aliphatic carboxylic acids is 1. The number of hydrogen-bond donors (Lipinski definition) is 2. The number of hydrogen-bond acceptors (Lipinski definition) is 3. The molecule has 0 bridgehead atoms. The molecule has 0 aliphatic carbocycles. The number of likely N-dealkylation sites (tertiary alicyclic amines) is 1. The van der Waals surface area contributed by atoms with Crippen LogP contribution in [0.25, 0.3) is 0 Å². The Balaban J connectivity index is 1.94. The van der Waals surface area contributed by atoms with Gasteiger partial charge in [-0.05, 0) is 25.7 Å². The molecule has 1 unspecified atom stereocenters. The van der Waals surface area contributed by atoms with E-state index in [9.17, 15) is 19.5 Å². The number of rotatable bonds is 4. The van der Waals surface area contributed by atoms with E-state index >= 15 is 0 Å². The number of carbonyl (C=O) groups excluding carboxylic acids is 2. The van der Waals surface area contributed by atoms with E-state index in [0.717, 1.165) is 6.42 Å². The first-order valence-corrected chi connectivity index (χ1v) is 7.30. The highest BCUT2D eigenvalue weighted by Crippen LogP contribution is 2.36. The molecule has 2 heterocycles. The van der Waals surface area contributed by atoms with Gasteiger partial charge in [0.2, 0.25) is 11.8 Å². The van der Waals surface area contributed by atoms with Gasteiger partial charge in [0, 0.05) is 19.5 Å². The molecule has 2 aliphatic heterocycles. The van der Waals surface area contributed by atoms with E-state index in [1.165, 1.54) is 0 Å². The van der Waals surface area contributed by atoms with Crippen LogP contribution >= 0.6 is 0 Å². The molecule has 1 atom stereocenters. The van der Waals surface area contributed by atoms with Crippen LogP contribution in [-0.4, -0.2) is 46.9 Å². The maximum absolute atomic E-state index is 12.2. The molecule has 6 nitrogen and oxygen atoms in total. The first-order chi connectivity index (χ1) is 9.48. The highest BCUT2D eigenvalue weighted by atomic mass is 16.4. The fourth-order valence-corrected chi connectivity index (χ4v) is 3.22. The number of piperidine rings is 1. The van der Waals surface area contributed by atoms with Gasteiger partial charge in [-0.1, -0.05) is 13.3 Å². The van der Waals surface area contributed by atoms with Crippen molar-refractivity contribution >= 4 is 17.8 Å². The van der Waals surface area contributed by atoms with E-state index in [1.807, 2.05) is 6.92 Å². The summed E-state index contributed by atoms with van der Waals surface area (Å²) in [5, 5.41) is 12.1. The van der Waals surface area contributed by atoms with Crippen molar-refractivity contribution in [1.29, 1.82) is 0 Å². The van der Waals surface area contributed by atoms with Crippen molar-refractivity contribution in [2.75, 3.05) is 13.1 Å². The average Bonchev–Trinajstić information content (AvgIpc) is 2.85. The Hall–Kier alpha value is -1.59. The van der Waals surface area contributed by atoms with E-state index in [2.05, 4.69) is 5.32 Å². The molecule has 2 rings (SSSR count). The van der Waals surface area contributed by atoms with Gasteiger partial charge in [0.15, 0.2) is 0 Å². The van der Waals surface area contributed by atoms with Gasteiger partial charge in [0.05, 0.1) is 5.41 Å². The molecular weight excluding hydrogens is 260 g/mol. The minimum absolute atomic E-state index is 0.0636. The molecule has 2 N–H and O–H groups in total. The lowest BCUT2D eigenvalue weighted by molar-refractivity contribution is -0.155. The van der Waals surface area contributed by atoms with Crippen molar-refractivity contribution in [2.45, 2.75) is 51.5 Å². The summed E-state index contributed by atoms with van der Waals surface area (Å²) in [6.45, 7) is 2.92. The van der Waals surface area contributed by atoms with Gasteiger partial charge in [-0.15, -0.1) is 0 Å². The summed E-state index contributed by atoms with van der Waals surface area (Å²) >= 11 is 0. The molecular formula is C14H22N2O4. The van der Waals surface area contributed by atoms with Gasteiger partial charge >= 0.3 is 5.97 Å². The van der Waals surface area contributed by atoms with E-state index in [-0.39, 0.29) is 11.8 Å². The van der Waals surface area contributed by atoms with Crippen LogP contribution in [-0.2, 0) is 14.4 Å². The van der Waals surface area contributed by atoms with Crippen molar-refractivity contribution in [3.05, 3.63) is 0 Å². The number of carbonyl (C=O) groups is 3. The molecule has 2 amide bonds. The fraction of sp³-hybridized carbons (Fsp3) is 0.786. The Morgan fingerprint density at radius 3 is 2.50 bits per heavy atom. The third-order valence-corrected chi connectivity index (χ3v) is 4.51. The second-order valence-electron chi connectivity index (χ2n) is 5.82. The van der Waals surface area contributed by atoms with E-state index < -0.39 is 17.4 Å². The van der Waals surface area contributed by atoms with E-state index in [4.69, 9.17) is 0 Å². The van der Waals surface area contributed by atoms with Gasteiger partial charge in [-0.2, -0.15) is 0 Å². The maximum atomic E-state index is 12.2. The molecule has 20 heavy (non-hydrogen) atoms. The van der Waals surface area contributed by atoms with Crippen LogP contribution in [0.3, 0.4) is 0 Å². The Morgan fingerprint density at radius 1 is 1.40 bits per heavy atom. The molecule has 2 saturated heterocycles. The Morgan fingerprint density at radius 2 is 2.05 bits per heavy atom. The monoisotopic (exact) mass is 282 g/mol. The van der Waals surface area contributed by atoms with Gasteiger partial charge in [0.1, 0.15) is 6.04 Å². The minimum atomic E-state index is -0.749. The molecule has 0 saturated carbocycles. The molecule has 2 fully saturated rings. The molecule has 112 valence electrons. The minimum Gasteiger partial charge on any atom is -0.481 e. The number of nitrogens with one attached hydrogen (secondary N) is 1. The first kappa shape index (κ1) is 14.8. The lowest BCUT2D eigenvalue weighted by Gasteiger charge is -2.39. The molecule has 6 heteroatoms. The quantitative estimate of drug-likeness (QED) is 0.797. The van der Waals surface area contributed by atoms with Gasteiger partial charge < -0.3 is 15.3 Å². The second-order valence-corrected chi connectivity index (χ2v) is 5.82. The molecule has 0 spiro atoms. The van der Waals surface area contributed by atoms with Crippen LogP contribution in [0.1, 0.15) is 45.4 Å². The van der Waals surface area contributed by atoms with Crippen LogP contribution < -0.4 is 5.32 Å². The Kier molecular flexibility index (Phi) is 4.30. The molecule has 0 aromatic heterocycles. The molecule has 0 aromatic rings. The van der Waals surface area contributed by atoms with Crippen LogP contribution in [0.5, 0.6) is 0 Å². The highest BCUT2D eigenvalue weighted by molar-refractivity contribution is 5.91. The summed E-state index contributed by atoms with van der Waals surface area (Å²) in [5.41, 5.74) is -0.676. The maximum Gasteiger partial charge on any atom is 0.309 e. The number of amides is 2. The van der Waals surface area contributed by atoms with Gasteiger partial charge in [-0.25, -0.2) is 0 Å². The smallest absolute Gasteiger partial charge is 0.309 e. The zero-order chi connectivity index (χ0) is 14.8. The number of carboxylic acids is 1. The first-order valence-electron chi connectivity index (χ1n) is 7.30. The van der Waals surface area contributed by atoms with Crippen LogP contribution in [0, 0.1) is 5.41 Å². The van der Waals surface area contributed by atoms with E-state index in [1.54, 1.807) is 4.90 Å². The van der Waals surface area contributed by atoms with E-state index in [0.29, 0.717) is 45.2 Å². The summed E-state index contributed by atoms with van der Waals surface area (Å²) in [4.78, 5) is 36.6. The van der Waals surface area contributed by atoms with Crippen LogP contribution in [0.15, 0.2) is 0 Å². The SMILES string of the molecule is CCCC1(C(=O)O)CCN(C(=O)C2CCC(=O)N2)CC1. The molecule has 0 radical (unpaired) electrons. The van der Waals surface area contributed by atoms with Gasteiger partial charge in [0.25, 0.3) is 0 Å². The molecule has 2 aliphatic rings. The summed E-state index contributed by atoms with van der Waals surface area (Å²) in [7, 11) is 0. The summed E-state index contributed by atoms with van der Waals surface area (Å²) in [6, 6.07) is -0.411. The Bertz CT molecular complexity index is 413. The number of carboxylic acid groups (broad SMARTS) is 1. The average molecular weight is 282 g/mol. The van der Waals surface area contributed by atoms with Crippen LogP contribution in [0.4, 0.5) is 0 Å². The van der Waals surface area contributed by atoms with Crippen molar-refractivity contribution in [3.63, 3.8) is 0 Å². The zero-order valence-electron chi connectivity index (χ0n) is 11.9. The van der Waals surface area contributed by atoms with Gasteiger partial charge in [-0.3, -0.25) is 14.4 Å². The lowest BCUT2D eigenvalue weighted by atomic mass is 9.75. The Labute approximate surface area is 118 Å². The molecule has 0 aromatic carbocycles. The second kappa shape index (κ2) is 5.81. The number of nitrogens with zero attached hydrogens (tertiary/aromatic N) is 1.